The summed E-state index contributed by atoms with van der Waals surface area (Å²) < 4.78 is 14.8. The summed E-state index contributed by atoms with van der Waals surface area (Å²) in [6.45, 7) is 0. The van der Waals surface area contributed by atoms with Crippen molar-refractivity contribution in [2.45, 2.75) is 0 Å². The van der Waals surface area contributed by atoms with Crippen LogP contribution in [0.2, 0.25) is 0 Å². The van der Waals surface area contributed by atoms with Gasteiger partial charge in [0.2, 0.25) is 0 Å². The summed E-state index contributed by atoms with van der Waals surface area (Å²) >= 11 is 6.58. The Bertz CT molecular complexity index is 544. The summed E-state index contributed by atoms with van der Waals surface area (Å²) in [6.07, 6.45) is 1.56. The quantitative estimate of drug-likeness (QED) is 0.848. The van der Waals surface area contributed by atoms with Gasteiger partial charge in [-0.15, -0.1) is 0 Å². The third-order valence-electron chi connectivity index (χ3n) is 2.14. The Morgan fingerprint density at radius 2 is 1.88 bits per heavy atom. The topological polar surface area (TPSA) is 38.9 Å². The highest BCUT2D eigenvalue weighted by molar-refractivity contribution is 9.11. The molecule has 0 spiro atoms. The average molecular weight is 346 g/mol. The molecule has 0 aliphatic rings. The molecular weight excluding hydrogens is 339 g/mol. The summed E-state index contributed by atoms with van der Waals surface area (Å²) in [5.41, 5.74) is 7.25. The first-order valence-corrected chi connectivity index (χ1v) is 6.04. The highest BCUT2D eigenvalue weighted by Crippen LogP contribution is 2.35. The second-order valence-electron chi connectivity index (χ2n) is 3.16. The zero-order chi connectivity index (χ0) is 11.7. The van der Waals surface area contributed by atoms with Gasteiger partial charge in [0, 0.05) is 11.8 Å². The van der Waals surface area contributed by atoms with Gasteiger partial charge < -0.3 is 5.73 Å². The Kier molecular flexibility index (Phi) is 3.25. The molecule has 0 atom stereocenters. The van der Waals surface area contributed by atoms with Crippen molar-refractivity contribution >= 4 is 37.5 Å². The van der Waals surface area contributed by atoms with E-state index in [2.05, 4.69) is 36.8 Å². The third kappa shape index (κ3) is 1.97. The second kappa shape index (κ2) is 4.51. The maximum absolute atomic E-state index is 13.6. The van der Waals surface area contributed by atoms with Gasteiger partial charge in [0.1, 0.15) is 5.82 Å². The molecule has 16 heavy (non-hydrogen) atoms. The normalized spacial score (nSPS) is 10.4. The molecule has 0 fully saturated rings. The lowest BCUT2D eigenvalue weighted by atomic mass is 10.1. The van der Waals surface area contributed by atoms with Crippen LogP contribution in [0.15, 0.2) is 39.4 Å². The van der Waals surface area contributed by atoms with Crippen LogP contribution in [0.1, 0.15) is 0 Å². The fourth-order valence-electron chi connectivity index (χ4n) is 1.32. The van der Waals surface area contributed by atoms with Gasteiger partial charge in [0.25, 0.3) is 0 Å². The Morgan fingerprint density at radius 1 is 1.19 bits per heavy atom. The van der Waals surface area contributed by atoms with E-state index in [0.29, 0.717) is 25.9 Å². The Hall–Kier alpha value is -0.940. The lowest BCUT2D eigenvalue weighted by Gasteiger charge is -2.08. The smallest absolute Gasteiger partial charge is 0.132 e. The van der Waals surface area contributed by atoms with Crippen LogP contribution in [0, 0.1) is 5.82 Å². The molecule has 5 heteroatoms. The molecular formula is C11H7Br2FN2. The molecule has 0 saturated carbocycles. The van der Waals surface area contributed by atoms with Crippen molar-refractivity contribution in [2.75, 3.05) is 5.73 Å². The van der Waals surface area contributed by atoms with Gasteiger partial charge in [-0.2, -0.15) is 0 Å². The van der Waals surface area contributed by atoms with Crippen molar-refractivity contribution in [3.05, 3.63) is 45.2 Å². The number of halogens is 3. The van der Waals surface area contributed by atoms with Gasteiger partial charge in [0.05, 0.1) is 20.3 Å². The number of benzene rings is 1. The first-order valence-electron chi connectivity index (χ1n) is 4.45. The molecule has 0 radical (unpaired) electrons. The first-order chi connectivity index (χ1) is 7.61. The van der Waals surface area contributed by atoms with E-state index in [4.69, 9.17) is 5.73 Å². The minimum atomic E-state index is -0.322. The fourth-order valence-corrected chi connectivity index (χ4v) is 2.42. The molecule has 1 heterocycles. The van der Waals surface area contributed by atoms with E-state index in [1.807, 2.05) is 0 Å². The number of nitrogen functional groups attached to an aromatic ring is 1. The Labute approximate surface area is 109 Å². The summed E-state index contributed by atoms with van der Waals surface area (Å²) in [7, 11) is 0. The summed E-state index contributed by atoms with van der Waals surface area (Å²) in [4.78, 5) is 4.16. The summed E-state index contributed by atoms with van der Waals surface area (Å²) in [6, 6.07) is 6.44. The van der Waals surface area contributed by atoms with Crippen LogP contribution < -0.4 is 5.73 Å². The van der Waals surface area contributed by atoms with Gasteiger partial charge in [-0.3, -0.25) is 4.98 Å². The number of rotatable bonds is 1. The van der Waals surface area contributed by atoms with Crippen molar-refractivity contribution in [1.29, 1.82) is 0 Å². The molecule has 2 N–H and O–H groups in total. The number of nitrogens with zero attached hydrogens (tertiary/aromatic N) is 1. The van der Waals surface area contributed by atoms with Crippen molar-refractivity contribution in [2.24, 2.45) is 0 Å². The van der Waals surface area contributed by atoms with E-state index in [1.165, 1.54) is 6.07 Å². The van der Waals surface area contributed by atoms with E-state index in [1.54, 1.807) is 24.4 Å². The largest absolute Gasteiger partial charge is 0.397 e. The minimum Gasteiger partial charge on any atom is -0.397 e. The molecule has 0 aliphatic carbocycles. The highest BCUT2D eigenvalue weighted by Gasteiger charge is 2.13. The van der Waals surface area contributed by atoms with Crippen molar-refractivity contribution < 1.29 is 4.39 Å². The van der Waals surface area contributed by atoms with Crippen molar-refractivity contribution in [3.8, 4) is 11.3 Å². The predicted octanol–water partition coefficient (Wildman–Crippen LogP) is 3.99. The van der Waals surface area contributed by atoms with Crippen LogP contribution in [-0.2, 0) is 0 Å². The van der Waals surface area contributed by atoms with E-state index >= 15 is 0 Å². The Balaban J connectivity index is 2.66. The molecule has 0 bridgehead atoms. The SMILES string of the molecule is Nc1c(Br)cnc(-c2ccccc2F)c1Br. The minimum absolute atomic E-state index is 0.322. The Morgan fingerprint density at radius 3 is 2.56 bits per heavy atom. The molecule has 1 aromatic carbocycles. The average Bonchev–Trinajstić information content (AvgIpc) is 2.28. The van der Waals surface area contributed by atoms with Gasteiger partial charge in [-0.25, -0.2) is 4.39 Å². The van der Waals surface area contributed by atoms with Crippen LogP contribution >= 0.6 is 31.9 Å². The molecule has 0 unspecified atom stereocenters. The molecule has 1 aromatic heterocycles. The molecule has 0 aliphatic heterocycles. The third-order valence-corrected chi connectivity index (χ3v) is 3.57. The van der Waals surface area contributed by atoms with Gasteiger partial charge >= 0.3 is 0 Å². The maximum atomic E-state index is 13.6. The number of anilines is 1. The zero-order valence-corrected chi connectivity index (χ0v) is 11.2. The fraction of sp³-hybridized carbons (Fsp3) is 0. The summed E-state index contributed by atoms with van der Waals surface area (Å²) in [5.74, 6) is -0.322. The summed E-state index contributed by atoms with van der Waals surface area (Å²) in [5, 5.41) is 0. The maximum Gasteiger partial charge on any atom is 0.132 e. The molecule has 2 rings (SSSR count). The highest BCUT2D eigenvalue weighted by atomic mass is 79.9. The number of hydrogen-bond acceptors (Lipinski definition) is 2. The monoisotopic (exact) mass is 344 g/mol. The van der Waals surface area contributed by atoms with E-state index < -0.39 is 0 Å². The van der Waals surface area contributed by atoms with Crippen molar-refractivity contribution in [3.63, 3.8) is 0 Å². The molecule has 2 nitrogen and oxygen atoms in total. The molecule has 0 amide bonds. The van der Waals surface area contributed by atoms with Gasteiger partial charge in [-0.05, 0) is 44.0 Å². The van der Waals surface area contributed by atoms with E-state index in [9.17, 15) is 4.39 Å². The van der Waals surface area contributed by atoms with Gasteiger partial charge in [0.15, 0.2) is 0 Å². The van der Waals surface area contributed by atoms with Crippen LogP contribution in [0.3, 0.4) is 0 Å². The molecule has 2 aromatic rings. The lowest BCUT2D eigenvalue weighted by molar-refractivity contribution is 0.630. The van der Waals surface area contributed by atoms with Crippen LogP contribution in [-0.4, -0.2) is 4.98 Å². The van der Waals surface area contributed by atoms with Crippen LogP contribution in [0.4, 0.5) is 10.1 Å². The predicted molar refractivity (Wildman–Crippen MR) is 69.4 cm³/mol. The standard InChI is InChI=1S/C11H7Br2FN2/c12-7-5-16-11(9(13)10(7)15)6-3-1-2-4-8(6)14/h1-5H,(H2,15,16). The molecule has 0 saturated heterocycles. The van der Waals surface area contributed by atoms with Crippen molar-refractivity contribution in [1.82, 2.24) is 4.98 Å². The number of aromatic nitrogens is 1. The zero-order valence-electron chi connectivity index (χ0n) is 8.05. The molecule has 82 valence electrons. The number of nitrogens with two attached hydrogens (primary N) is 1. The van der Waals surface area contributed by atoms with Gasteiger partial charge in [-0.1, -0.05) is 12.1 Å². The second-order valence-corrected chi connectivity index (χ2v) is 4.81. The van der Waals surface area contributed by atoms with E-state index in [-0.39, 0.29) is 5.82 Å². The number of hydrogen-bond donors (Lipinski definition) is 1. The number of pyridine rings is 1. The van der Waals surface area contributed by atoms with Crippen LogP contribution in [0.5, 0.6) is 0 Å². The lowest BCUT2D eigenvalue weighted by Crippen LogP contribution is -1.95. The van der Waals surface area contributed by atoms with E-state index in [0.717, 1.165) is 0 Å². The van der Waals surface area contributed by atoms with Crippen LogP contribution in [0.25, 0.3) is 11.3 Å². The first kappa shape index (κ1) is 11.5.